The van der Waals surface area contributed by atoms with Crippen LogP contribution in [0.1, 0.15) is 304 Å². The molecule has 0 bridgehead atoms. The number of fused-ring (bicyclic) bond motifs is 3. The van der Waals surface area contributed by atoms with Crippen LogP contribution in [-0.4, -0.2) is 74.8 Å². The number of rotatable bonds is 1. The number of nitrogens with zero attached hydrogens (tertiary/aromatic N) is 12. The van der Waals surface area contributed by atoms with Crippen molar-refractivity contribution in [1.82, 2.24) is 49.9 Å². The number of phenolic OH excluding ortho intramolecular Hbond substituents is 1. The first-order valence-corrected chi connectivity index (χ1v) is 42.2. The number of hydrogen-bond acceptors (Lipinski definition) is 12. The SMILES string of the molecule is CC(C)(C)C1=Cc2cc(O)ccc2C1.CC(C)(C)c1ccc2cc[nH]c2c1.CC(C)(C)c1cccs1.CC1=NCc2ccc(C(C)(C)C)cc21.CN(C)c1cnc(C(C)(C)C)cn1.Cc1ccc(C(C)(C)C)cn1.Cc1ccc(C(C)(C)C)nn1.Cc1cncc(C(C)(C)C)c1.Cn1ccc(C(C)(C)C)n1.[C-]#[N+]c1ccc(C(C)(C)C)cn1. The molecular weight excluding hydrogens is 1470 g/mol. The molecule has 1 aliphatic heterocycles. The fourth-order valence-electron chi connectivity index (χ4n) is 11.2. The lowest BCUT2D eigenvalue weighted by Crippen LogP contribution is -2.16. The topological polar surface area (TPSA) is 164 Å². The highest BCUT2D eigenvalue weighted by Gasteiger charge is 2.25. The molecule has 0 atom stereocenters. The molecule has 2 N–H and O–H groups in total. The molecule has 8 aromatic heterocycles. The van der Waals surface area contributed by atoms with E-state index in [4.69, 9.17) is 6.57 Å². The maximum Gasteiger partial charge on any atom is 0.269 e. The lowest BCUT2D eigenvalue weighted by Gasteiger charge is -2.19. The van der Waals surface area contributed by atoms with Crippen molar-refractivity contribution in [2.24, 2.45) is 17.5 Å². The van der Waals surface area contributed by atoms with Crippen LogP contribution < -0.4 is 4.90 Å². The summed E-state index contributed by atoms with van der Waals surface area (Å²) >= 11 is 1.83. The zero-order chi connectivity index (χ0) is 89.5. The van der Waals surface area contributed by atoms with Crippen molar-refractivity contribution in [1.29, 1.82) is 0 Å². The van der Waals surface area contributed by atoms with Gasteiger partial charge in [0.15, 0.2) is 0 Å². The summed E-state index contributed by atoms with van der Waals surface area (Å²) < 4.78 is 1.83. The first kappa shape index (κ1) is 101. The van der Waals surface area contributed by atoms with Gasteiger partial charge in [-0.05, 0) is 200 Å². The van der Waals surface area contributed by atoms with E-state index in [0.29, 0.717) is 17.0 Å². The summed E-state index contributed by atoms with van der Waals surface area (Å²) in [4.78, 5) is 35.4. The molecule has 0 saturated heterocycles. The quantitative estimate of drug-likeness (QED) is 0.151. The van der Waals surface area contributed by atoms with Crippen LogP contribution in [0, 0.1) is 32.8 Å². The number of allylic oxidation sites excluding steroid dienone is 1. The van der Waals surface area contributed by atoms with Crippen molar-refractivity contribution in [2.45, 2.75) is 297 Å². The summed E-state index contributed by atoms with van der Waals surface area (Å²) in [5, 5.41) is 25.2. The van der Waals surface area contributed by atoms with Crippen LogP contribution >= 0.6 is 11.3 Å². The second kappa shape index (κ2) is 42.2. The predicted molar refractivity (Wildman–Crippen MR) is 507 cm³/mol. The normalized spacial score (nSPS) is 12.5. The molecule has 0 saturated carbocycles. The molecule has 0 amide bonds. The maximum absolute atomic E-state index is 9.36. The van der Waals surface area contributed by atoms with Crippen LogP contribution in [0.15, 0.2) is 187 Å². The summed E-state index contributed by atoms with van der Waals surface area (Å²) in [5.41, 5.74) is 24.1. The third kappa shape index (κ3) is 34.7. The third-order valence-electron chi connectivity index (χ3n) is 19.5. The zero-order valence-electron chi connectivity index (χ0n) is 79.5. The number of thiophene rings is 1. The van der Waals surface area contributed by atoms with E-state index in [2.05, 4.69) is 367 Å². The molecule has 0 radical (unpaired) electrons. The highest BCUT2D eigenvalue weighted by atomic mass is 32.1. The van der Waals surface area contributed by atoms with Crippen LogP contribution in [0.25, 0.3) is 21.8 Å². The minimum absolute atomic E-state index is 0.0812. The van der Waals surface area contributed by atoms with Crippen molar-refractivity contribution < 1.29 is 5.11 Å². The second-order valence-corrected chi connectivity index (χ2v) is 42.3. The molecular formula is C103H147N13OS. The van der Waals surface area contributed by atoms with Gasteiger partial charge in [0, 0.05) is 95.7 Å². The number of pyridine rings is 3. The van der Waals surface area contributed by atoms with Gasteiger partial charge in [-0.15, -0.1) is 16.3 Å². The number of nitrogens with one attached hydrogen (secondary N) is 1. The summed E-state index contributed by atoms with van der Waals surface area (Å²) in [6.07, 6.45) is 18.4. The Bertz CT molecular complexity index is 4900. The van der Waals surface area contributed by atoms with E-state index in [0.717, 1.165) is 52.8 Å². The summed E-state index contributed by atoms with van der Waals surface area (Å²) in [6.45, 7) is 81.4. The van der Waals surface area contributed by atoms with Crippen molar-refractivity contribution in [2.75, 3.05) is 19.0 Å². The van der Waals surface area contributed by atoms with E-state index in [1.807, 2.05) is 123 Å². The number of benzene rings is 3. The van der Waals surface area contributed by atoms with Gasteiger partial charge >= 0.3 is 0 Å². The number of phenols is 1. The minimum atomic E-state index is 0.0812. The fourth-order valence-corrected chi connectivity index (χ4v) is 12.0. The maximum atomic E-state index is 9.36. The molecule has 0 spiro atoms. The summed E-state index contributed by atoms with van der Waals surface area (Å²) in [7, 11) is 5.86. The number of aromatic hydroxyl groups is 1. The minimum Gasteiger partial charge on any atom is -0.508 e. The van der Waals surface area contributed by atoms with Gasteiger partial charge < -0.3 is 19.8 Å². The van der Waals surface area contributed by atoms with Crippen LogP contribution in [0.4, 0.5) is 11.6 Å². The van der Waals surface area contributed by atoms with E-state index in [-0.39, 0.29) is 48.7 Å². The Hall–Kier alpha value is -9.78. The number of aryl methyl sites for hydroxylation is 4. The van der Waals surface area contributed by atoms with E-state index >= 15 is 0 Å². The first-order chi connectivity index (χ1) is 54.1. The number of aromatic amines is 1. The van der Waals surface area contributed by atoms with Crippen LogP contribution in [0.2, 0.25) is 0 Å². The zero-order valence-corrected chi connectivity index (χ0v) is 80.3. The van der Waals surface area contributed by atoms with E-state index < -0.39 is 0 Å². The summed E-state index contributed by atoms with van der Waals surface area (Å²) in [5.74, 6) is 1.71. The molecule has 0 unspecified atom stereocenters. The van der Waals surface area contributed by atoms with Crippen molar-refractivity contribution in [3.05, 3.63) is 282 Å². The number of anilines is 1. The lowest BCUT2D eigenvalue weighted by atomic mass is 9.85. The van der Waals surface area contributed by atoms with Crippen molar-refractivity contribution in [3.8, 4) is 5.75 Å². The van der Waals surface area contributed by atoms with Crippen LogP contribution in [0.5, 0.6) is 5.75 Å². The van der Waals surface area contributed by atoms with Gasteiger partial charge in [0.1, 0.15) is 17.8 Å². The highest BCUT2D eigenvalue weighted by Crippen LogP contribution is 2.38. The molecule has 11 aromatic rings. The smallest absolute Gasteiger partial charge is 0.269 e. The Morgan fingerprint density at radius 1 is 0.466 bits per heavy atom. The Morgan fingerprint density at radius 3 is 1.44 bits per heavy atom. The van der Waals surface area contributed by atoms with Crippen LogP contribution in [0.3, 0.4) is 0 Å². The molecule has 0 fully saturated rings. The highest BCUT2D eigenvalue weighted by molar-refractivity contribution is 7.10. The largest absolute Gasteiger partial charge is 0.508 e. The Morgan fingerprint density at radius 2 is 1.02 bits per heavy atom. The molecule has 13 rings (SSSR count). The number of aromatic nitrogens is 10. The van der Waals surface area contributed by atoms with Gasteiger partial charge in [-0.3, -0.25) is 24.6 Å². The number of aliphatic imine (C=N–C) groups is 1. The van der Waals surface area contributed by atoms with Gasteiger partial charge in [-0.1, -0.05) is 281 Å². The van der Waals surface area contributed by atoms with E-state index in [9.17, 15) is 5.11 Å². The molecule has 3 aromatic carbocycles. The molecule has 15 heteroatoms. The standard InChI is InChI=1S/C13H17N.C13H16O.C12H15N.C10H17N3.C10H12N2.2C10H15N.C9H14N2.C8H14N2.C8H12S/c1-9-12-7-11(13(2,3)4)6-5-10(12)8-14-9;1-13(2,3)11-6-9-4-5-12(14)8-10(9)7-11;1-12(2,3)10-5-4-9-6-7-13-11(9)8-10;1-10(2,3)8-6-12-9(7-11-8)13(4)5;1-10(2,3)8-5-6-9(11-4)12-7-8;1-8-5-9(7-11-6-8)10(2,3)4;1-8-5-6-9(7-11-8)10(2,3)4;1-7-5-6-8(11-10-7)9(2,3)4;1-8(2,3)7-5-6-10(4)9-7;1-8(2,3)7-5-4-6-9-7/h5-7H,8H2,1-4H3;4-5,7-8,14H,6H2,1-3H3;4-8,13H,1-3H3;6-7H,1-5H3;5-7H,1-3H3;2*5-7H,1-4H3;5-6H,1-4H3;5-6H,1-4H3;4-6H,1-3H3. The van der Waals surface area contributed by atoms with Crippen molar-refractivity contribution in [3.63, 3.8) is 0 Å². The molecule has 636 valence electrons. The van der Waals surface area contributed by atoms with Crippen molar-refractivity contribution >= 4 is 45.7 Å². The molecule has 1 aliphatic carbocycles. The first-order valence-electron chi connectivity index (χ1n) is 41.4. The lowest BCUT2D eigenvalue weighted by molar-refractivity contribution is 0.475. The van der Waals surface area contributed by atoms with Gasteiger partial charge in [0.25, 0.3) is 5.82 Å². The van der Waals surface area contributed by atoms with Gasteiger partial charge in [0.05, 0.1) is 41.7 Å². The van der Waals surface area contributed by atoms with Gasteiger partial charge in [-0.2, -0.15) is 15.3 Å². The Kier molecular flexibility index (Phi) is 36.0. The summed E-state index contributed by atoms with van der Waals surface area (Å²) in [6, 6.07) is 41.5. The Balaban J connectivity index is 0.000000276. The van der Waals surface area contributed by atoms with Gasteiger partial charge in [-0.25, -0.2) is 4.98 Å². The average molecular weight is 1620 g/mol. The van der Waals surface area contributed by atoms with Crippen LogP contribution in [-0.2, 0) is 68.7 Å². The monoisotopic (exact) mass is 1610 g/mol. The van der Waals surface area contributed by atoms with E-state index in [1.54, 1.807) is 24.5 Å². The average Bonchev–Trinajstić information content (AvgIpc) is 1.66. The van der Waals surface area contributed by atoms with Gasteiger partial charge in [0.2, 0.25) is 0 Å². The number of H-pyrrole nitrogens is 1. The third-order valence-corrected chi connectivity index (χ3v) is 20.8. The molecule has 14 nitrogen and oxygen atoms in total. The molecule has 9 heterocycles. The Labute approximate surface area is 717 Å². The van der Waals surface area contributed by atoms with E-state index in [1.165, 1.54) is 77.1 Å². The molecule has 2 aliphatic rings. The predicted octanol–water partition coefficient (Wildman–Crippen LogP) is 27.1. The second-order valence-electron chi connectivity index (χ2n) is 41.3. The fraction of sp³-hybridized carbons (Fsp3) is 0.476. The molecule has 118 heavy (non-hydrogen) atoms. The number of hydrogen-bond donors (Lipinski definition) is 2.